The van der Waals surface area contributed by atoms with Crippen LogP contribution in [0.2, 0.25) is 5.02 Å². The molecule has 0 aliphatic carbocycles. The highest BCUT2D eigenvalue weighted by Gasteiger charge is 2.26. The fourth-order valence-electron chi connectivity index (χ4n) is 1.88. The normalized spacial score (nSPS) is 24.1. The largest absolute Gasteiger partial charge is 0.396 e. The van der Waals surface area contributed by atoms with Crippen LogP contribution in [0, 0.1) is 0 Å². The molecule has 17 heavy (non-hydrogen) atoms. The molecule has 0 unspecified atom stereocenters. The minimum absolute atomic E-state index is 0.141. The van der Waals surface area contributed by atoms with Gasteiger partial charge in [-0.2, -0.15) is 0 Å². The third-order valence-electron chi connectivity index (χ3n) is 2.83. The summed E-state index contributed by atoms with van der Waals surface area (Å²) in [6, 6.07) is 7.51. The van der Waals surface area contributed by atoms with Crippen LogP contribution in [0.4, 0.5) is 0 Å². The van der Waals surface area contributed by atoms with E-state index in [1.807, 2.05) is 24.3 Å². The molecule has 1 fully saturated rings. The number of benzene rings is 1. The maximum Gasteiger partial charge on any atom is 0.184 e. The van der Waals surface area contributed by atoms with Gasteiger partial charge in [0, 0.05) is 17.2 Å². The lowest BCUT2D eigenvalue weighted by Gasteiger charge is -2.11. The minimum atomic E-state index is -0.272. The van der Waals surface area contributed by atoms with Crippen LogP contribution in [0.25, 0.3) is 0 Å². The van der Waals surface area contributed by atoms with E-state index < -0.39 is 0 Å². The van der Waals surface area contributed by atoms with Gasteiger partial charge in [0.1, 0.15) is 0 Å². The second-order valence-electron chi connectivity index (χ2n) is 4.19. The molecular weight excluding hydrogens is 240 g/mol. The Morgan fingerprint density at radius 3 is 2.71 bits per heavy atom. The van der Waals surface area contributed by atoms with Gasteiger partial charge >= 0.3 is 0 Å². The molecule has 94 valence electrons. The minimum Gasteiger partial charge on any atom is -0.396 e. The van der Waals surface area contributed by atoms with Crippen molar-refractivity contribution in [2.24, 2.45) is 0 Å². The van der Waals surface area contributed by atoms with Crippen molar-refractivity contribution < 1.29 is 14.6 Å². The molecule has 0 spiro atoms. The van der Waals surface area contributed by atoms with Crippen LogP contribution >= 0.6 is 11.6 Å². The molecule has 0 amide bonds. The van der Waals surface area contributed by atoms with E-state index in [2.05, 4.69) is 0 Å². The third-order valence-corrected chi connectivity index (χ3v) is 3.08. The molecule has 1 aliphatic rings. The number of halogens is 1. The Morgan fingerprint density at radius 2 is 2.00 bits per heavy atom. The van der Waals surface area contributed by atoms with Crippen molar-refractivity contribution in [2.75, 3.05) is 13.2 Å². The Morgan fingerprint density at radius 1 is 1.24 bits per heavy atom. The summed E-state index contributed by atoms with van der Waals surface area (Å²) in [5, 5.41) is 9.43. The predicted molar refractivity (Wildman–Crippen MR) is 66.0 cm³/mol. The lowest BCUT2D eigenvalue weighted by Crippen LogP contribution is -2.09. The molecule has 1 N–H and O–H groups in total. The first kappa shape index (κ1) is 12.8. The van der Waals surface area contributed by atoms with Crippen molar-refractivity contribution >= 4 is 11.6 Å². The number of hydrogen-bond donors (Lipinski definition) is 1. The van der Waals surface area contributed by atoms with E-state index in [9.17, 15) is 0 Å². The highest BCUT2D eigenvalue weighted by atomic mass is 35.5. The zero-order chi connectivity index (χ0) is 12.1. The SMILES string of the molecule is OCCCC[C@H]1CO[C@H](c2ccc(Cl)cc2)O1. The molecule has 1 saturated heterocycles. The van der Waals surface area contributed by atoms with Gasteiger partial charge in [0.2, 0.25) is 0 Å². The molecule has 0 saturated carbocycles. The fraction of sp³-hybridized carbons (Fsp3) is 0.538. The summed E-state index contributed by atoms with van der Waals surface area (Å²) in [4.78, 5) is 0. The first-order valence-corrected chi connectivity index (χ1v) is 6.31. The van der Waals surface area contributed by atoms with E-state index in [-0.39, 0.29) is 19.0 Å². The summed E-state index contributed by atoms with van der Waals surface area (Å²) in [5.41, 5.74) is 0.999. The van der Waals surface area contributed by atoms with E-state index in [4.69, 9.17) is 26.2 Å². The topological polar surface area (TPSA) is 38.7 Å². The van der Waals surface area contributed by atoms with Gasteiger partial charge in [-0.3, -0.25) is 0 Å². The number of aliphatic hydroxyl groups is 1. The second-order valence-corrected chi connectivity index (χ2v) is 4.63. The molecule has 1 heterocycles. The fourth-order valence-corrected chi connectivity index (χ4v) is 2.00. The Labute approximate surface area is 106 Å². The molecular formula is C13H17ClO3. The molecule has 0 bridgehead atoms. The van der Waals surface area contributed by atoms with E-state index in [1.165, 1.54) is 0 Å². The summed E-state index contributed by atoms with van der Waals surface area (Å²) in [5.74, 6) is 0. The zero-order valence-electron chi connectivity index (χ0n) is 9.64. The molecule has 1 aliphatic heterocycles. The standard InChI is InChI=1S/C13H17ClO3/c14-11-6-4-10(5-7-11)13-16-9-12(17-13)3-1-2-8-15/h4-7,12-13,15H,1-3,8-9H2/t12-,13-/m0/s1. The maximum absolute atomic E-state index is 8.71. The van der Waals surface area contributed by atoms with E-state index in [0.29, 0.717) is 11.6 Å². The zero-order valence-corrected chi connectivity index (χ0v) is 10.4. The van der Waals surface area contributed by atoms with Crippen LogP contribution in [-0.4, -0.2) is 24.4 Å². The summed E-state index contributed by atoms with van der Waals surface area (Å²) in [6.45, 7) is 0.868. The first-order chi connectivity index (χ1) is 8.29. The molecule has 4 heteroatoms. The van der Waals surface area contributed by atoms with Crippen LogP contribution in [0.15, 0.2) is 24.3 Å². The van der Waals surface area contributed by atoms with E-state index in [0.717, 1.165) is 24.8 Å². The average Bonchev–Trinajstić information content (AvgIpc) is 2.79. The maximum atomic E-state index is 8.71. The van der Waals surface area contributed by atoms with Gasteiger partial charge in [0.25, 0.3) is 0 Å². The summed E-state index contributed by atoms with van der Waals surface area (Å²) >= 11 is 5.83. The van der Waals surface area contributed by atoms with Crippen molar-refractivity contribution in [3.8, 4) is 0 Å². The molecule has 1 aromatic rings. The molecule has 3 nitrogen and oxygen atoms in total. The second kappa shape index (κ2) is 6.36. The van der Waals surface area contributed by atoms with E-state index in [1.54, 1.807) is 0 Å². The van der Waals surface area contributed by atoms with Gasteiger partial charge in [-0.25, -0.2) is 0 Å². The van der Waals surface area contributed by atoms with Crippen LogP contribution < -0.4 is 0 Å². The first-order valence-electron chi connectivity index (χ1n) is 5.93. The van der Waals surface area contributed by atoms with Crippen molar-refractivity contribution in [3.63, 3.8) is 0 Å². The monoisotopic (exact) mass is 256 g/mol. The van der Waals surface area contributed by atoms with Gasteiger partial charge in [0.15, 0.2) is 6.29 Å². The Balaban J connectivity index is 1.83. The number of unbranched alkanes of at least 4 members (excludes halogenated alkanes) is 1. The quantitative estimate of drug-likeness (QED) is 0.824. The Hall–Kier alpha value is -0.610. The van der Waals surface area contributed by atoms with Crippen LogP contribution in [0.5, 0.6) is 0 Å². The highest BCUT2D eigenvalue weighted by molar-refractivity contribution is 6.30. The van der Waals surface area contributed by atoms with Crippen molar-refractivity contribution in [1.29, 1.82) is 0 Å². The molecule has 0 radical (unpaired) electrons. The van der Waals surface area contributed by atoms with Crippen molar-refractivity contribution in [3.05, 3.63) is 34.9 Å². The molecule has 2 rings (SSSR count). The number of hydrogen-bond acceptors (Lipinski definition) is 3. The van der Waals surface area contributed by atoms with Gasteiger partial charge < -0.3 is 14.6 Å². The van der Waals surface area contributed by atoms with Crippen LogP contribution in [0.3, 0.4) is 0 Å². The van der Waals surface area contributed by atoms with Crippen molar-refractivity contribution in [1.82, 2.24) is 0 Å². The highest BCUT2D eigenvalue weighted by Crippen LogP contribution is 2.29. The van der Waals surface area contributed by atoms with Gasteiger partial charge in [-0.1, -0.05) is 23.7 Å². The average molecular weight is 257 g/mol. The summed E-state index contributed by atoms with van der Waals surface area (Å²) in [7, 11) is 0. The number of aliphatic hydroxyl groups excluding tert-OH is 1. The smallest absolute Gasteiger partial charge is 0.184 e. The summed E-state index contributed by atoms with van der Waals surface area (Å²) in [6.07, 6.45) is 2.60. The van der Waals surface area contributed by atoms with E-state index >= 15 is 0 Å². The van der Waals surface area contributed by atoms with Gasteiger partial charge in [0.05, 0.1) is 12.7 Å². The Bertz CT molecular complexity index is 339. The van der Waals surface area contributed by atoms with Crippen LogP contribution in [0.1, 0.15) is 31.1 Å². The van der Waals surface area contributed by atoms with Gasteiger partial charge in [-0.05, 0) is 31.4 Å². The predicted octanol–water partition coefficient (Wildman–Crippen LogP) is 2.92. The van der Waals surface area contributed by atoms with Crippen LogP contribution in [-0.2, 0) is 9.47 Å². The summed E-state index contributed by atoms with van der Waals surface area (Å²) < 4.78 is 11.4. The molecule has 0 aromatic heterocycles. The molecule has 2 atom stereocenters. The third kappa shape index (κ3) is 3.68. The molecule has 1 aromatic carbocycles. The number of ether oxygens (including phenoxy) is 2. The Kier molecular flexibility index (Phi) is 4.80. The number of rotatable bonds is 5. The lowest BCUT2D eigenvalue weighted by molar-refractivity contribution is -0.0614. The van der Waals surface area contributed by atoms with Crippen molar-refractivity contribution in [2.45, 2.75) is 31.7 Å². The van der Waals surface area contributed by atoms with Gasteiger partial charge in [-0.15, -0.1) is 0 Å². The lowest BCUT2D eigenvalue weighted by atomic mass is 10.2.